The molecule has 0 saturated carbocycles. The molecule has 134 valence electrons. The normalized spacial score (nSPS) is 18.2. The predicted octanol–water partition coefficient (Wildman–Crippen LogP) is 3.75. The lowest BCUT2D eigenvalue weighted by atomic mass is 9.72. The Morgan fingerprint density at radius 2 is 1.44 bits per heavy atom. The molecule has 1 heterocycles. The third kappa shape index (κ3) is 3.79. The van der Waals surface area contributed by atoms with Crippen molar-refractivity contribution in [3.63, 3.8) is 0 Å². The molecule has 3 heteroatoms. The van der Waals surface area contributed by atoms with Gasteiger partial charge in [-0.2, -0.15) is 0 Å². The number of aliphatic hydroxyl groups excluding tert-OH is 1. The molecule has 1 unspecified atom stereocenters. The fourth-order valence-corrected chi connectivity index (χ4v) is 4.08. The second kappa shape index (κ2) is 8.13. The van der Waals surface area contributed by atoms with E-state index in [2.05, 4.69) is 11.8 Å². The summed E-state index contributed by atoms with van der Waals surface area (Å²) in [5, 5.41) is 22.1. The van der Waals surface area contributed by atoms with Gasteiger partial charge in [-0.3, -0.25) is 4.90 Å². The van der Waals surface area contributed by atoms with Crippen molar-refractivity contribution >= 4 is 0 Å². The van der Waals surface area contributed by atoms with E-state index < -0.39 is 5.60 Å². The van der Waals surface area contributed by atoms with E-state index in [1.165, 1.54) is 0 Å². The van der Waals surface area contributed by atoms with Crippen molar-refractivity contribution in [3.8, 4) is 0 Å². The van der Waals surface area contributed by atoms with Crippen molar-refractivity contribution in [3.05, 3.63) is 71.8 Å². The minimum Gasteiger partial charge on any atom is -0.380 e. The van der Waals surface area contributed by atoms with E-state index in [1.54, 1.807) is 0 Å². The van der Waals surface area contributed by atoms with Gasteiger partial charge >= 0.3 is 0 Å². The SMILES string of the molecule is CCCC(O)N1CCC(C(O)(c2ccccc2)c2ccccc2)CC1. The zero-order valence-electron chi connectivity index (χ0n) is 15.0. The molecular weight excluding hydrogens is 310 g/mol. The number of aliphatic hydroxyl groups is 2. The molecule has 0 bridgehead atoms. The van der Waals surface area contributed by atoms with Crippen molar-refractivity contribution in [1.29, 1.82) is 0 Å². The standard InChI is InChI=1S/C22H29NO2/c1-2-9-21(24)23-16-14-20(15-17-23)22(25,18-10-5-3-6-11-18)19-12-7-4-8-13-19/h3-8,10-13,20-21,24-25H,2,9,14-17H2,1H3. The molecule has 1 saturated heterocycles. The predicted molar refractivity (Wildman–Crippen MR) is 101 cm³/mol. The zero-order chi connectivity index (χ0) is 17.7. The second-order valence-corrected chi connectivity index (χ2v) is 7.08. The molecule has 2 aromatic carbocycles. The van der Waals surface area contributed by atoms with Crippen LogP contribution < -0.4 is 0 Å². The Hall–Kier alpha value is -1.68. The Balaban J connectivity index is 1.85. The maximum atomic E-state index is 11.8. The van der Waals surface area contributed by atoms with Crippen molar-refractivity contribution in [2.24, 2.45) is 5.92 Å². The summed E-state index contributed by atoms with van der Waals surface area (Å²) in [7, 11) is 0. The maximum absolute atomic E-state index is 11.8. The highest BCUT2D eigenvalue weighted by Crippen LogP contribution is 2.42. The Kier molecular flexibility index (Phi) is 5.89. The van der Waals surface area contributed by atoms with Gasteiger partial charge in [0.1, 0.15) is 11.8 Å². The van der Waals surface area contributed by atoms with Crippen molar-refractivity contribution in [1.82, 2.24) is 4.90 Å². The Morgan fingerprint density at radius 1 is 0.960 bits per heavy atom. The van der Waals surface area contributed by atoms with Gasteiger partial charge in [0.05, 0.1) is 0 Å². The number of hydrogen-bond donors (Lipinski definition) is 2. The van der Waals surface area contributed by atoms with Gasteiger partial charge in [0, 0.05) is 13.1 Å². The molecule has 0 aliphatic carbocycles. The van der Waals surface area contributed by atoms with Crippen LogP contribution in [-0.2, 0) is 5.60 Å². The van der Waals surface area contributed by atoms with Crippen LogP contribution in [0.2, 0.25) is 0 Å². The summed E-state index contributed by atoms with van der Waals surface area (Å²) >= 11 is 0. The second-order valence-electron chi connectivity index (χ2n) is 7.08. The van der Waals surface area contributed by atoms with Gasteiger partial charge in [0.15, 0.2) is 0 Å². The first kappa shape index (κ1) is 18.1. The number of likely N-dealkylation sites (tertiary alicyclic amines) is 1. The number of nitrogens with zero attached hydrogens (tertiary/aromatic N) is 1. The van der Waals surface area contributed by atoms with E-state index in [0.717, 1.165) is 49.9 Å². The summed E-state index contributed by atoms with van der Waals surface area (Å²) in [4.78, 5) is 2.15. The maximum Gasteiger partial charge on any atom is 0.117 e. The highest BCUT2D eigenvalue weighted by Gasteiger charge is 2.41. The van der Waals surface area contributed by atoms with Crippen LogP contribution in [0.1, 0.15) is 43.7 Å². The summed E-state index contributed by atoms with van der Waals surface area (Å²) in [6, 6.07) is 20.0. The molecule has 0 amide bonds. The largest absolute Gasteiger partial charge is 0.380 e. The molecule has 25 heavy (non-hydrogen) atoms. The Labute approximate surface area is 150 Å². The minimum absolute atomic E-state index is 0.141. The lowest BCUT2D eigenvalue weighted by Gasteiger charge is -2.43. The summed E-state index contributed by atoms with van der Waals surface area (Å²) in [6.07, 6.45) is 3.19. The monoisotopic (exact) mass is 339 g/mol. The summed E-state index contributed by atoms with van der Waals surface area (Å²) < 4.78 is 0. The topological polar surface area (TPSA) is 43.7 Å². The molecule has 1 aliphatic rings. The molecule has 2 N–H and O–H groups in total. The van der Waals surface area contributed by atoms with Crippen LogP contribution in [0.15, 0.2) is 60.7 Å². The molecular formula is C22H29NO2. The molecule has 0 aromatic heterocycles. The zero-order valence-corrected chi connectivity index (χ0v) is 15.0. The van der Waals surface area contributed by atoms with E-state index in [1.807, 2.05) is 60.7 Å². The molecule has 1 aliphatic heterocycles. The number of piperidine rings is 1. The number of hydrogen-bond acceptors (Lipinski definition) is 3. The van der Waals surface area contributed by atoms with Crippen molar-refractivity contribution in [2.45, 2.75) is 44.4 Å². The van der Waals surface area contributed by atoms with Crippen LogP contribution in [0, 0.1) is 5.92 Å². The fraction of sp³-hybridized carbons (Fsp3) is 0.455. The van der Waals surface area contributed by atoms with E-state index >= 15 is 0 Å². The summed E-state index contributed by atoms with van der Waals surface area (Å²) in [6.45, 7) is 3.75. The third-order valence-electron chi connectivity index (χ3n) is 5.52. The van der Waals surface area contributed by atoms with Gasteiger partial charge in [-0.25, -0.2) is 0 Å². The Bertz CT molecular complexity index is 596. The van der Waals surface area contributed by atoms with Gasteiger partial charge in [0.2, 0.25) is 0 Å². The van der Waals surface area contributed by atoms with Crippen LogP contribution in [0.5, 0.6) is 0 Å². The molecule has 3 rings (SSSR count). The molecule has 1 fully saturated rings. The van der Waals surface area contributed by atoms with Crippen LogP contribution in [0.3, 0.4) is 0 Å². The molecule has 0 spiro atoms. The molecule has 2 aromatic rings. The molecule has 3 nitrogen and oxygen atoms in total. The van der Waals surface area contributed by atoms with Gasteiger partial charge in [-0.1, -0.05) is 74.0 Å². The lowest BCUT2D eigenvalue weighted by molar-refractivity contribution is -0.0603. The van der Waals surface area contributed by atoms with E-state index in [-0.39, 0.29) is 12.1 Å². The first-order chi connectivity index (χ1) is 12.2. The molecule has 0 radical (unpaired) electrons. The lowest BCUT2D eigenvalue weighted by Crippen LogP contribution is -2.47. The number of rotatable bonds is 6. The van der Waals surface area contributed by atoms with Crippen LogP contribution in [0.4, 0.5) is 0 Å². The van der Waals surface area contributed by atoms with Gasteiger partial charge < -0.3 is 10.2 Å². The van der Waals surface area contributed by atoms with Gasteiger partial charge in [0.25, 0.3) is 0 Å². The average Bonchev–Trinajstić information content (AvgIpc) is 2.69. The smallest absolute Gasteiger partial charge is 0.117 e. The minimum atomic E-state index is -0.982. The highest BCUT2D eigenvalue weighted by atomic mass is 16.3. The average molecular weight is 339 g/mol. The first-order valence-corrected chi connectivity index (χ1v) is 9.41. The quantitative estimate of drug-likeness (QED) is 0.842. The Morgan fingerprint density at radius 3 is 1.88 bits per heavy atom. The van der Waals surface area contributed by atoms with E-state index in [0.29, 0.717) is 0 Å². The number of benzene rings is 2. The van der Waals surface area contributed by atoms with E-state index in [4.69, 9.17) is 0 Å². The van der Waals surface area contributed by atoms with Crippen LogP contribution >= 0.6 is 0 Å². The first-order valence-electron chi connectivity index (χ1n) is 9.41. The third-order valence-corrected chi connectivity index (χ3v) is 5.52. The van der Waals surface area contributed by atoms with E-state index in [9.17, 15) is 10.2 Å². The summed E-state index contributed by atoms with van der Waals surface area (Å²) in [5.41, 5.74) is 0.923. The van der Waals surface area contributed by atoms with Crippen LogP contribution in [0.25, 0.3) is 0 Å². The van der Waals surface area contributed by atoms with Gasteiger partial charge in [-0.05, 0) is 36.3 Å². The van der Waals surface area contributed by atoms with Crippen LogP contribution in [-0.4, -0.2) is 34.4 Å². The summed E-state index contributed by atoms with van der Waals surface area (Å²) in [5.74, 6) is 0.141. The van der Waals surface area contributed by atoms with Gasteiger partial charge in [-0.15, -0.1) is 0 Å². The molecule has 1 atom stereocenters. The highest BCUT2D eigenvalue weighted by molar-refractivity contribution is 5.37. The van der Waals surface area contributed by atoms with Crippen molar-refractivity contribution < 1.29 is 10.2 Å². The van der Waals surface area contributed by atoms with Crippen molar-refractivity contribution in [2.75, 3.05) is 13.1 Å². The fourth-order valence-electron chi connectivity index (χ4n) is 4.08.